The normalized spacial score (nSPS) is 10.3. The summed E-state index contributed by atoms with van der Waals surface area (Å²) in [6.45, 7) is 0. The van der Waals surface area contributed by atoms with E-state index in [0.29, 0.717) is 11.4 Å². The number of carbonyl (C=O) groups excluding carboxylic acids is 1. The van der Waals surface area contributed by atoms with Crippen LogP contribution < -0.4 is 5.73 Å². The number of carbonyl (C=O) groups is 1. The van der Waals surface area contributed by atoms with Crippen LogP contribution in [0.5, 0.6) is 5.75 Å². The second kappa shape index (κ2) is 5.73. The smallest absolute Gasteiger partial charge is 0.357 e. The van der Waals surface area contributed by atoms with Crippen molar-refractivity contribution in [2.75, 3.05) is 12.8 Å². The molecular formula is C14H11N7O3. The lowest BCUT2D eigenvalue weighted by Gasteiger charge is -2.11. The lowest BCUT2D eigenvalue weighted by molar-refractivity contribution is 0.0593. The number of aromatic hydroxyl groups is 1. The number of phenolic OH excluding ortho intramolecular Hbond substituents is 1. The van der Waals surface area contributed by atoms with Gasteiger partial charge in [0.25, 0.3) is 0 Å². The van der Waals surface area contributed by atoms with E-state index in [4.69, 9.17) is 15.7 Å². The molecule has 120 valence electrons. The standard InChI is InChI=1S/C14H11N7O3/c1-24-14(23)12-11(16)8(5-15)6-21(12)9-4-7(2-3-10(9)22)13-17-19-20-18-13/h2-4,6,22H,16H2,1H3,(H,17,18,19,20). The first kappa shape index (κ1) is 15.0. The molecule has 2 aromatic heterocycles. The van der Waals surface area contributed by atoms with Gasteiger partial charge in [-0.15, -0.1) is 10.2 Å². The summed E-state index contributed by atoms with van der Waals surface area (Å²) in [5.41, 5.74) is 6.59. The molecule has 3 rings (SSSR count). The Morgan fingerprint density at radius 2 is 2.29 bits per heavy atom. The van der Waals surface area contributed by atoms with E-state index in [1.165, 1.54) is 30.0 Å². The van der Waals surface area contributed by atoms with Crippen molar-refractivity contribution in [3.05, 3.63) is 35.7 Å². The van der Waals surface area contributed by atoms with Crippen molar-refractivity contribution in [2.24, 2.45) is 0 Å². The first-order chi connectivity index (χ1) is 11.6. The van der Waals surface area contributed by atoms with Crippen molar-refractivity contribution in [2.45, 2.75) is 0 Å². The van der Waals surface area contributed by atoms with E-state index in [-0.39, 0.29) is 28.4 Å². The zero-order valence-corrected chi connectivity index (χ0v) is 12.4. The molecule has 0 fully saturated rings. The number of phenols is 1. The van der Waals surface area contributed by atoms with Crippen molar-refractivity contribution >= 4 is 11.7 Å². The van der Waals surface area contributed by atoms with E-state index < -0.39 is 5.97 Å². The molecule has 2 heterocycles. The summed E-state index contributed by atoms with van der Waals surface area (Å²) in [5.74, 6) is -0.568. The predicted molar refractivity (Wildman–Crippen MR) is 81.1 cm³/mol. The van der Waals surface area contributed by atoms with Gasteiger partial charge >= 0.3 is 5.97 Å². The highest BCUT2D eigenvalue weighted by Gasteiger charge is 2.23. The van der Waals surface area contributed by atoms with E-state index in [0.717, 1.165) is 0 Å². The van der Waals surface area contributed by atoms with Crippen LogP contribution in [0.4, 0.5) is 5.69 Å². The first-order valence-electron chi connectivity index (χ1n) is 6.63. The van der Waals surface area contributed by atoms with Crippen molar-refractivity contribution in [1.29, 1.82) is 5.26 Å². The van der Waals surface area contributed by atoms with Crippen LogP contribution in [0.15, 0.2) is 24.4 Å². The van der Waals surface area contributed by atoms with Gasteiger partial charge in [0, 0.05) is 11.8 Å². The maximum absolute atomic E-state index is 12.0. The Morgan fingerprint density at radius 1 is 1.50 bits per heavy atom. The first-order valence-corrected chi connectivity index (χ1v) is 6.63. The number of hydrogen-bond acceptors (Lipinski definition) is 8. The molecule has 1 aromatic carbocycles. The van der Waals surface area contributed by atoms with Gasteiger partial charge in [-0.05, 0) is 23.4 Å². The highest BCUT2D eigenvalue weighted by Crippen LogP contribution is 2.31. The summed E-state index contributed by atoms with van der Waals surface area (Å²) in [7, 11) is 1.20. The zero-order chi connectivity index (χ0) is 17.3. The number of nitrogens with zero attached hydrogens (tertiary/aromatic N) is 5. The van der Waals surface area contributed by atoms with Gasteiger partial charge in [0.2, 0.25) is 5.82 Å². The maximum Gasteiger partial charge on any atom is 0.357 e. The van der Waals surface area contributed by atoms with Crippen LogP contribution in [0.2, 0.25) is 0 Å². The predicted octanol–water partition coefficient (Wildman–Crippen LogP) is 0.603. The van der Waals surface area contributed by atoms with Gasteiger partial charge in [-0.25, -0.2) is 4.79 Å². The number of anilines is 1. The highest BCUT2D eigenvalue weighted by atomic mass is 16.5. The maximum atomic E-state index is 12.0. The Morgan fingerprint density at radius 3 is 2.92 bits per heavy atom. The van der Waals surface area contributed by atoms with Crippen LogP contribution in [0.1, 0.15) is 16.1 Å². The number of methoxy groups -OCH3 is 1. The molecule has 0 aliphatic rings. The molecule has 0 radical (unpaired) electrons. The third-order valence-corrected chi connectivity index (χ3v) is 3.38. The van der Waals surface area contributed by atoms with Crippen LogP contribution in [0.3, 0.4) is 0 Å². The van der Waals surface area contributed by atoms with Crippen LogP contribution in [0, 0.1) is 11.3 Å². The number of hydrogen-bond donors (Lipinski definition) is 3. The van der Waals surface area contributed by atoms with Gasteiger partial charge in [-0.1, -0.05) is 0 Å². The Balaban J connectivity index is 2.24. The second-order valence-corrected chi connectivity index (χ2v) is 4.72. The van der Waals surface area contributed by atoms with Gasteiger partial charge < -0.3 is 20.1 Å². The van der Waals surface area contributed by atoms with Gasteiger partial charge in [0.15, 0.2) is 5.69 Å². The summed E-state index contributed by atoms with van der Waals surface area (Å²) >= 11 is 0. The molecular weight excluding hydrogens is 314 g/mol. The molecule has 0 saturated heterocycles. The molecule has 3 aromatic rings. The Hall–Kier alpha value is -3.87. The fourth-order valence-electron chi connectivity index (χ4n) is 2.24. The third kappa shape index (κ3) is 2.30. The number of nitrogens with two attached hydrogens (primary N) is 1. The van der Waals surface area contributed by atoms with Crippen molar-refractivity contribution < 1.29 is 14.6 Å². The fourth-order valence-corrected chi connectivity index (χ4v) is 2.24. The van der Waals surface area contributed by atoms with Crippen LogP contribution in [0.25, 0.3) is 17.1 Å². The highest BCUT2D eigenvalue weighted by molar-refractivity contribution is 5.96. The Bertz CT molecular complexity index is 954. The van der Waals surface area contributed by atoms with E-state index >= 15 is 0 Å². The van der Waals surface area contributed by atoms with Crippen LogP contribution in [-0.2, 0) is 4.74 Å². The average Bonchev–Trinajstić information content (AvgIpc) is 3.22. The second-order valence-electron chi connectivity index (χ2n) is 4.72. The number of esters is 1. The van der Waals surface area contributed by atoms with Gasteiger partial charge in [0.1, 0.15) is 11.8 Å². The molecule has 0 spiro atoms. The number of nitriles is 1. The number of nitrogen functional groups attached to an aromatic ring is 1. The van der Waals surface area contributed by atoms with Crippen LogP contribution >= 0.6 is 0 Å². The molecule has 0 amide bonds. The lowest BCUT2D eigenvalue weighted by atomic mass is 10.1. The summed E-state index contributed by atoms with van der Waals surface area (Å²) in [6.07, 6.45) is 1.34. The number of aromatic amines is 1. The third-order valence-electron chi connectivity index (χ3n) is 3.38. The van der Waals surface area contributed by atoms with E-state index in [1.54, 1.807) is 6.07 Å². The molecule has 10 heteroatoms. The number of tetrazole rings is 1. The SMILES string of the molecule is COC(=O)c1c(N)c(C#N)cn1-c1cc(-c2nn[nH]n2)ccc1O. The largest absolute Gasteiger partial charge is 0.506 e. The Labute approximate surface area is 135 Å². The number of aromatic nitrogens is 5. The van der Waals surface area contributed by atoms with Gasteiger partial charge in [-0.3, -0.25) is 0 Å². The number of H-pyrrole nitrogens is 1. The minimum Gasteiger partial charge on any atom is -0.506 e. The molecule has 4 N–H and O–H groups in total. The summed E-state index contributed by atoms with van der Waals surface area (Å²) < 4.78 is 6.00. The number of nitrogens with one attached hydrogen (secondary N) is 1. The topological polar surface area (TPSA) is 156 Å². The molecule has 0 aliphatic carbocycles. The molecule has 10 nitrogen and oxygen atoms in total. The molecule has 0 aliphatic heterocycles. The number of ether oxygens (including phenoxy) is 1. The van der Waals surface area contributed by atoms with Crippen LogP contribution in [-0.4, -0.2) is 43.4 Å². The van der Waals surface area contributed by atoms with E-state index in [2.05, 4.69) is 20.6 Å². The fraction of sp³-hybridized carbons (Fsp3) is 0.0714. The van der Waals surface area contributed by atoms with Gasteiger partial charge in [-0.2, -0.15) is 10.5 Å². The summed E-state index contributed by atoms with van der Waals surface area (Å²) in [4.78, 5) is 12.0. The molecule has 0 unspecified atom stereocenters. The summed E-state index contributed by atoms with van der Waals surface area (Å²) in [6, 6.07) is 6.42. The van der Waals surface area contributed by atoms with Crippen molar-refractivity contribution in [3.63, 3.8) is 0 Å². The minimum absolute atomic E-state index is 0.0336. The Kier molecular flexibility index (Phi) is 3.59. The zero-order valence-electron chi connectivity index (χ0n) is 12.4. The lowest BCUT2D eigenvalue weighted by Crippen LogP contribution is -2.11. The monoisotopic (exact) mass is 325 g/mol. The molecule has 0 atom stereocenters. The average molecular weight is 325 g/mol. The minimum atomic E-state index is -0.738. The quantitative estimate of drug-likeness (QED) is 0.591. The van der Waals surface area contributed by atoms with Gasteiger partial charge in [0.05, 0.1) is 24.0 Å². The summed E-state index contributed by atoms with van der Waals surface area (Å²) in [5, 5.41) is 32.8. The molecule has 24 heavy (non-hydrogen) atoms. The molecule has 0 bridgehead atoms. The molecule has 0 saturated carbocycles. The number of benzene rings is 1. The number of rotatable bonds is 3. The van der Waals surface area contributed by atoms with E-state index in [1.807, 2.05) is 6.07 Å². The van der Waals surface area contributed by atoms with Crippen molar-refractivity contribution in [1.82, 2.24) is 25.2 Å². The van der Waals surface area contributed by atoms with Crippen molar-refractivity contribution in [3.8, 4) is 28.9 Å². The van der Waals surface area contributed by atoms with E-state index in [9.17, 15) is 9.90 Å².